The molecule has 8 nitrogen and oxygen atoms in total. The molecule has 0 radical (unpaired) electrons. The summed E-state index contributed by atoms with van der Waals surface area (Å²) in [5.74, 6) is -0.338. The Balaban J connectivity index is 3.97. The van der Waals surface area contributed by atoms with Gasteiger partial charge in [-0.25, -0.2) is 4.57 Å². The van der Waals surface area contributed by atoms with Gasteiger partial charge in [0, 0.05) is 19.6 Å². The van der Waals surface area contributed by atoms with Crippen molar-refractivity contribution < 1.29 is 32.8 Å². The predicted octanol–water partition coefficient (Wildman–Crippen LogP) is 15.9. The van der Waals surface area contributed by atoms with E-state index < -0.39 is 13.9 Å². The van der Waals surface area contributed by atoms with E-state index in [1.165, 1.54) is 128 Å². The summed E-state index contributed by atoms with van der Waals surface area (Å²) < 4.78 is 33.6. The van der Waals surface area contributed by atoms with E-state index in [2.05, 4.69) is 86.8 Å². The lowest BCUT2D eigenvalue weighted by atomic mass is 10.0. The Hall–Kier alpha value is -2.06. The maximum Gasteiger partial charge on any atom is 0.472 e. The van der Waals surface area contributed by atoms with Crippen molar-refractivity contribution in [3.8, 4) is 0 Å². The number of unbranched alkanes of at least 4 members (excludes halogenated alkanes) is 23. The molecule has 360 valence electrons. The molecule has 0 aromatic heterocycles. The molecule has 2 atom stereocenters. The van der Waals surface area contributed by atoms with Gasteiger partial charge < -0.3 is 20.1 Å². The monoisotopic (exact) mass is 890 g/mol. The van der Waals surface area contributed by atoms with Gasteiger partial charge in [0.15, 0.2) is 0 Å². The smallest absolute Gasteiger partial charge is 0.457 e. The van der Waals surface area contributed by atoms with Crippen LogP contribution in [-0.2, 0) is 27.9 Å². The van der Waals surface area contributed by atoms with Crippen LogP contribution in [-0.4, -0.2) is 49.9 Å². The number of carbonyl (C=O) groups excluding carboxylic acids is 1. The van der Waals surface area contributed by atoms with Gasteiger partial charge in [-0.15, -0.1) is 0 Å². The van der Waals surface area contributed by atoms with Crippen LogP contribution < -0.4 is 5.73 Å². The number of carbonyl (C=O) groups is 1. The first-order chi connectivity index (χ1) is 30.4. The third-order valence-electron chi connectivity index (χ3n) is 10.6. The van der Waals surface area contributed by atoms with Crippen molar-refractivity contribution in [2.45, 2.75) is 225 Å². The Morgan fingerprint density at radius 3 is 1.35 bits per heavy atom. The standard InChI is InChI=1S/C53H96NO7P/c1-3-5-7-9-11-13-15-17-19-21-23-24-25-26-27-28-29-30-32-34-36-38-40-42-44-46-53(55)61-52(51-60-62(56,57)59-49-47-54)50-58-48-45-43-41-39-37-35-33-31-22-20-18-16-14-12-10-8-6-4-2/h6,8,12,14-15,17-18,20-21,23,25-26,52H,3-5,7,9-11,13,16,19,22,24,27-51,54H2,1-2H3,(H,56,57)/b8-6-,14-12-,17-15-,20-18-,23-21-,26-25-. The lowest BCUT2D eigenvalue weighted by Crippen LogP contribution is -2.28. The third-order valence-corrected chi connectivity index (χ3v) is 11.6. The molecule has 0 aliphatic heterocycles. The zero-order valence-corrected chi connectivity index (χ0v) is 41.0. The van der Waals surface area contributed by atoms with Crippen molar-refractivity contribution in [2.24, 2.45) is 5.73 Å². The van der Waals surface area contributed by atoms with Gasteiger partial charge in [0.25, 0.3) is 0 Å². The summed E-state index contributed by atoms with van der Waals surface area (Å²) in [5.41, 5.74) is 5.39. The Bertz CT molecular complexity index is 1180. The fourth-order valence-electron chi connectivity index (χ4n) is 6.90. The normalized spacial score (nSPS) is 13.9. The number of hydrogen-bond donors (Lipinski definition) is 2. The number of rotatable bonds is 48. The van der Waals surface area contributed by atoms with E-state index in [0.29, 0.717) is 13.0 Å². The van der Waals surface area contributed by atoms with E-state index in [1.807, 2.05) is 0 Å². The van der Waals surface area contributed by atoms with Crippen LogP contribution in [0.3, 0.4) is 0 Å². The number of ether oxygens (including phenoxy) is 2. The molecule has 0 aliphatic rings. The van der Waals surface area contributed by atoms with Crippen LogP contribution in [0.15, 0.2) is 72.9 Å². The van der Waals surface area contributed by atoms with Crippen LogP contribution >= 0.6 is 7.82 Å². The summed E-state index contributed by atoms with van der Waals surface area (Å²) >= 11 is 0. The second-order valence-corrected chi connectivity index (χ2v) is 18.1. The van der Waals surface area contributed by atoms with Crippen molar-refractivity contribution in [2.75, 3.05) is 33.0 Å². The Morgan fingerprint density at radius 2 is 0.903 bits per heavy atom. The van der Waals surface area contributed by atoms with Gasteiger partial charge in [0.2, 0.25) is 0 Å². The van der Waals surface area contributed by atoms with Gasteiger partial charge in [0.05, 0.1) is 19.8 Å². The van der Waals surface area contributed by atoms with Crippen LogP contribution in [0.4, 0.5) is 0 Å². The molecule has 0 aromatic carbocycles. The number of phosphoric acid groups is 1. The Labute approximate surface area is 382 Å². The van der Waals surface area contributed by atoms with Crippen LogP contribution in [0.2, 0.25) is 0 Å². The highest BCUT2D eigenvalue weighted by molar-refractivity contribution is 7.47. The van der Waals surface area contributed by atoms with Gasteiger partial charge >= 0.3 is 13.8 Å². The molecule has 0 saturated carbocycles. The van der Waals surface area contributed by atoms with Gasteiger partial charge in [0.1, 0.15) is 6.10 Å². The van der Waals surface area contributed by atoms with Gasteiger partial charge in [-0.05, 0) is 83.5 Å². The van der Waals surface area contributed by atoms with Crippen LogP contribution in [0.25, 0.3) is 0 Å². The van der Waals surface area contributed by atoms with Crippen LogP contribution in [0, 0.1) is 0 Å². The van der Waals surface area contributed by atoms with Crippen molar-refractivity contribution in [3.63, 3.8) is 0 Å². The number of allylic oxidation sites excluding steroid dienone is 12. The first-order valence-corrected chi connectivity index (χ1v) is 26.9. The molecule has 9 heteroatoms. The van der Waals surface area contributed by atoms with Gasteiger partial charge in [-0.2, -0.15) is 0 Å². The molecule has 0 saturated heterocycles. The minimum Gasteiger partial charge on any atom is -0.457 e. The lowest BCUT2D eigenvalue weighted by molar-refractivity contribution is -0.154. The maximum atomic E-state index is 12.7. The second kappa shape index (κ2) is 49.9. The molecule has 0 aliphatic carbocycles. The number of phosphoric ester groups is 1. The molecule has 0 amide bonds. The number of esters is 1. The topological polar surface area (TPSA) is 117 Å². The quantitative estimate of drug-likeness (QED) is 0.0268. The van der Waals surface area contributed by atoms with E-state index >= 15 is 0 Å². The fourth-order valence-corrected chi connectivity index (χ4v) is 7.67. The van der Waals surface area contributed by atoms with E-state index in [1.54, 1.807) is 0 Å². The fraction of sp³-hybridized carbons (Fsp3) is 0.755. The first-order valence-electron chi connectivity index (χ1n) is 25.4. The highest BCUT2D eigenvalue weighted by atomic mass is 31.2. The van der Waals surface area contributed by atoms with Gasteiger partial charge in [-0.3, -0.25) is 13.8 Å². The minimum absolute atomic E-state index is 0.0952. The number of hydrogen-bond acceptors (Lipinski definition) is 7. The largest absolute Gasteiger partial charge is 0.472 e. The van der Waals surface area contributed by atoms with E-state index in [0.717, 1.165) is 70.6 Å². The predicted molar refractivity (Wildman–Crippen MR) is 265 cm³/mol. The SMILES string of the molecule is CC/C=C\C/C=C\C/C=C\CCCCCCCCCCOCC(COP(=O)(O)OCCN)OC(=O)CCCCCCCCCCCC/C=C\C/C=C\C/C=C\CCCCCCC. The van der Waals surface area contributed by atoms with Crippen molar-refractivity contribution in [1.82, 2.24) is 0 Å². The first kappa shape index (κ1) is 59.9. The third kappa shape index (κ3) is 49.0. The van der Waals surface area contributed by atoms with E-state index in [9.17, 15) is 14.3 Å². The molecule has 0 aromatic rings. The molecular weight excluding hydrogens is 794 g/mol. The summed E-state index contributed by atoms with van der Waals surface area (Å²) in [5, 5.41) is 0. The highest BCUT2D eigenvalue weighted by Gasteiger charge is 2.25. The van der Waals surface area contributed by atoms with Crippen molar-refractivity contribution in [1.29, 1.82) is 0 Å². The summed E-state index contributed by atoms with van der Waals surface area (Å²) in [6, 6.07) is 0. The minimum atomic E-state index is -4.29. The molecule has 3 N–H and O–H groups in total. The average molecular weight is 890 g/mol. The highest BCUT2D eigenvalue weighted by Crippen LogP contribution is 2.43. The zero-order valence-electron chi connectivity index (χ0n) is 40.1. The van der Waals surface area contributed by atoms with E-state index in [4.69, 9.17) is 24.3 Å². The molecule has 0 heterocycles. The number of nitrogens with two attached hydrogens (primary N) is 1. The maximum absolute atomic E-state index is 12.7. The molecule has 2 unspecified atom stereocenters. The van der Waals surface area contributed by atoms with Crippen molar-refractivity contribution in [3.05, 3.63) is 72.9 Å². The average Bonchev–Trinajstić information content (AvgIpc) is 3.26. The van der Waals surface area contributed by atoms with Gasteiger partial charge in [-0.1, -0.05) is 202 Å². The molecule has 0 rings (SSSR count). The molecule has 0 bridgehead atoms. The molecule has 0 spiro atoms. The summed E-state index contributed by atoms with van der Waals surface area (Å²) in [7, 11) is -4.29. The second-order valence-electron chi connectivity index (χ2n) is 16.6. The van der Waals surface area contributed by atoms with Crippen molar-refractivity contribution >= 4 is 13.8 Å². The molecule has 62 heavy (non-hydrogen) atoms. The van der Waals surface area contributed by atoms with Crippen LogP contribution in [0.1, 0.15) is 219 Å². The van der Waals surface area contributed by atoms with Crippen LogP contribution in [0.5, 0.6) is 0 Å². The zero-order chi connectivity index (χ0) is 45.1. The molecular formula is C53H96NO7P. The Kier molecular flexibility index (Phi) is 48.3. The summed E-state index contributed by atoms with van der Waals surface area (Å²) in [6.45, 7) is 4.79. The van der Waals surface area contributed by atoms with E-state index in [-0.39, 0.29) is 32.3 Å². The summed E-state index contributed by atoms with van der Waals surface area (Å²) in [4.78, 5) is 22.6. The Morgan fingerprint density at radius 1 is 0.500 bits per heavy atom. The molecule has 0 fully saturated rings. The lowest BCUT2D eigenvalue weighted by Gasteiger charge is -2.20. The summed E-state index contributed by atoms with van der Waals surface area (Å²) in [6.07, 6.45) is 63.6.